The normalized spacial score (nSPS) is 16.8. The fourth-order valence-corrected chi connectivity index (χ4v) is 1.43. The van der Waals surface area contributed by atoms with E-state index in [1.54, 1.807) is 7.11 Å². The van der Waals surface area contributed by atoms with Crippen LogP contribution in [0.4, 0.5) is 0 Å². The zero-order valence-corrected chi connectivity index (χ0v) is 10.3. The number of hydrogen-bond donors (Lipinski definition) is 1. The largest absolute Gasteiger partial charge is 0.384 e. The van der Waals surface area contributed by atoms with Crippen molar-refractivity contribution in [2.75, 3.05) is 20.3 Å². The lowest BCUT2D eigenvalue weighted by Gasteiger charge is -2.15. The third kappa shape index (κ3) is 6.17. The van der Waals surface area contributed by atoms with Crippen molar-refractivity contribution in [2.24, 2.45) is 5.92 Å². The van der Waals surface area contributed by atoms with Gasteiger partial charge in [-0.25, -0.2) is 0 Å². The van der Waals surface area contributed by atoms with E-state index in [-0.39, 0.29) is 0 Å². The van der Waals surface area contributed by atoms with Gasteiger partial charge in [-0.1, -0.05) is 25.5 Å². The van der Waals surface area contributed by atoms with Gasteiger partial charge in [0.25, 0.3) is 0 Å². The maximum atomic E-state index is 5.10. The highest BCUT2D eigenvalue weighted by Gasteiger charge is 2.04. The molecule has 2 atom stereocenters. The number of rotatable bonds is 7. The van der Waals surface area contributed by atoms with Gasteiger partial charge in [0.15, 0.2) is 0 Å². The van der Waals surface area contributed by atoms with Crippen LogP contribution in [0.2, 0.25) is 0 Å². The van der Waals surface area contributed by atoms with Crippen molar-refractivity contribution in [2.45, 2.75) is 40.2 Å². The van der Waals surface area contributed by atoms with Gasteiger partial charge < -0.3 is 10.1 Å². The van der Waals surface area contributed by atoms with Gasteiger partial charge in [0.2, 0.25) is 0 Å². The fourth-order valence-electron chi connectivity index (χ4n) is 1.43. The van der Waals surface area contributed by atoms with E-state index in [0.717, 1.165) is 13.2 Å². The summed E-state index contributed by atoms with van der Waals surface area (Å²) in [5.41, 5.74) is 1.41. The maximum Gasteiger partial charge on any atom is 0.0522 e. The van der Waals surface area contributed by atoms with Crippen LogP contribution in [0.5, 0.6) is 0 Å². The number of methoxy groups -OCH3 is 1. The minimum absolute atomic E-state index is 0.481. The first kappa shape index (κ1) is 13.7. The molecule has 1 N–H and O–H groups in total. The number of nitrogens with one attached hydrogen (secondary N) is 1. The third-order valence-electron chi connectivity index (χ3n) is 2.36. The summed E-state index contributed by atoms with van der Waals surface area (Å²) in [5.74, 6) is 0.505. The summed E-state index contributed by atoms with van der Waals surface area (Å²) in [5, 5.41) is 3.47. The molecule has 0 fully saturated rings. The zero-order valence-electron chi connectivity index (χ0n) is 10.3. The average molecular weight is 199 g/mol. The molecule has 0 aliphatic heterocycles. The number of ether oxygens (including phenoxy) is 1. The smallest absolute Gasteiger partial charge is 0.0522 e. The van der Waals surface area contributed by atoms with E-state index >= 15 is 0 Å². The van der Waals surface area contributed by atoms with E-state index in [4.69, 9.17) is 4.74 Å². The van der Waals surface area contributed by atoms with Crippen LogP contribution in [0.15, 0.2) is 11.6 Å². The molecule has 0 bridgehead atoms. The van der Waals surface area contributed by atoms with Crippen molar-refractivity contribution in [3.63, 3.8) is 0 Å². The highest BCUT2D eigenvalue weighted by Crippen LogP contribution is 2.07. The van der Waals surface area contributed by atoms with Gasteiger partial charge in [0.1, 0.15) is 0 Å². The number of hydrogen-bond acceptors (Lipinski definition) is 2. The molecule has 0 saturated carbocycles. The third-order valence-corrected chi connectivity index (χ3v) is 2.36. The summed E-state index contributed by atoms with van der Waals surface area (Å²) in [6, 6.07) is 0.481. The van der Waals surface area contributed by atoms with Gasteiger partial charge in [-0.15, -0.1) is 0 Å². The predicted octanol–water partition coefficient (Wildman–Crippen LogP) is 2.60. The summed E-state index contributed by atoms with van der Waals surface area (Å²) in [7, 11) is 1.75. The molecule has 84 valence electrons. The molecule has 2 unspecified atom stereocenters. The summed E-state index contributed by atoms with van der Waals surface area (Å²) in [6.45, 7) is 10.6. The van der Waals surface area contributed by atoms with E-state index in [2.05, 4.69) is 39.1 Å². The van der Waals surface area contributed by atoms with E-state index in [1.165, 1.54) is 12.0 Å². The summed E-state index contributed by atoms with van der Waals surface area (Å²) in [4.78, 5) is 0. The summed E-state index contributed by atoms with van der Waals surface area (Å²) in [6.07, 6.45) is 3.47. The minimum Gasteiger partial charge on any atom is -0.384 e. The van der Waals surface area contributed by atoms with Crippen molar-refractivity contribution in [3.05, 3.63) is 11.6 Å². The van der Waals surface area contributed by atoms with Crippen LogP contribution in [0.1, 0.15) is 34.1 Å². The lowest BCUT2D eigenvalue weighted by atomic mass is 10.0. The topological polar surface area (TPSA) is 21.3 Å². The molecule has 0 aliphatic rings. The first-order valence-corrected chi connectivity index (χ1v) is 5.52. The Labute approximate surface area is 88.7 Å². The molecule has 14 heavy (non-hydrogen) atoms. The molecule has 0 aromatic rings. The van der Waals surface area contributed by atoms with Crippen LogP contribution >= 0.6 is 0 Å². The second kappa shape index (κ2) is 8.01. The Bertz CT molecular complexity index is 166. The van der Waals surface area contributed by atoms with Crippen LogP contribution in [0, 0.1) is 5.92 Å². The Morgan fingerprint density at radius 1 is 1.43 bits per heavy atom. The van der Waals surface area contributed by atoms with Crippen molar-refractivity contribution in [1.82, 2.24) is 5.32 Å². The molecule has 0 heterocycles. The van der Waals surface area contributed by atoms with Gasteiger partial charge in [-0.3, -0.25) is 0 Å². The first-order valence-electron chi connectivity index (χ1n) is 5.52. The van der Waals surface area contributed by atoms with Gasteiger partial charge in [-0.2, -0.15) is 0 Å². The molecule has 2 nitrogen and oxygen atoms in total. The van der Waals surface area contributed by atoms with E-state index in [9.17, 15) is 0 Å². The van der Waals surface area contributed by atoms with Gasteiger partial charge in [0, 0.05) is 13.2 Å². The molecule has 2 heteroatoms. The Kier molecular flexibility index (Phi) is 7.81. The molecule has 0 aromatic carbocycles. The van der Waals surface area contributed by atoms with Crippen molar-refractivity contribution >= 4 is 0 Å². The molecule has 0 radical (unpaired) electrons. The standard InChI is InChI=1S/C12H25NO/c1-6-7-13-12(4)11(3)8-10(2)9-14-5/h8,10,12-13H,6-7,9H2,1-5H3. The van der Waals surface area contributed by atoms with Crippen LogP contribution in [0.25, 0.3) is 0 Å². The maximum absolute atomic E-state index is 5.10. The Morgan fingerprint density at radius 3 is 2.57 bits per heavy atom. The lowest BCUT2D eigenvalue weighted by Crippen LogP contribution is -2.28. The second-order valence-electron chi connectivity index (χ2n) is 4.02. The highest BCUT2D eigenvalue weighted by molar-refractivity contribution is 5.07. The van der Waals surface area contributed by atoms with Crippen LogP contribution in [0.3, 0.4) is 0 Å². The lowest BCUT2D eigenvalue weighted by molar-refractivity contribution is 0.175. The molecule has 0 aliphatic carbocycles. The van der Waals surface area contributed by atoms with Crippen molar-refractivity contribution in [1.29, 1.82) is 0 Å². The van der Waals surface area contributed by atoms with Crippen molar-refractivity contribution in [3.8, 4) is 0 Å². The SMILES string of the molecule is CCCNC(C)C(C)=CC(C)COC. The summed E-state index contributed by atoms with van der Waals surface area (Å²) >= 11 is 0. The fraction of sp³-hybridized carbons (Fsp3) is 0.833. The van der Waals surface area contributed by atoms with Gasteiger partial charge in [0.05, 0.1) is 6.61 Å². The summed E-state index contributed by atoms with van der Waals surface area (Å²) < 4.78 is 5.10. The second-order valence-corrected chi connectivity index (χ2v) is 4.02. The van der Waals surface area contributed by atoms with Crippen LogP contribution in [-0.2, 0) is 4.74 Å². The van der Waals surface area contributed by atoms with Crippen LogP contribution < -0.4 is 5.32 Å². The Balaban J connectivity index is 3.94. The minimum atomic E-state index is 0.481. The van der Waals surface area contributed by atoms with E-state index < -0.39 is 0 Å². The zero-order chi connectivity index (χ0) is 11.0. The molecular weight excluding hydrogens is 174 g/mol. The molecule has 0 amide bonds. The molecule has 0 aromatic heterocycles. The quantitative estimate of drug-likeness (QED) is 0.636. The molecule has 0 spiro atoms. The molecule has 0 rings (SSSR count). The van der Waals surface area contributed by atoms with Crippen molar-refractivity contribution < 1.29 is 4.74 Å². The van der Waals surface area contributed by atoms with Gasteiger partial charge in [-0.05, 0) is 32.7 Å². The Hall–Kier alpha value is -0.340. The predicted molar refractivity (Wildman–Crippen MR) is 62.6 cm³/mol. The average Bonchev–Trinajstić information content (AvgIpc) is 2.14. The Morgan fingerprint density at radius 2 is 2.07 bits per heavy atom. The first-order chi connectivity index (χ1) is 6.61. The highest BCUT2D eigenvalue weighted by atomic mass is 16.5. The van der Waals surface area contributed by atoms with E-state index in [1.807, 2.05) is 0 Å². The van der Waals surface area contributed by atoms with Gasteiger partial charge >= 0.3 is 0 Å². The molecular formula is C12H25NO. The van der Waals surface area contributed by atoms with Crippen LogP contribution in [-0.4, -0.2) is 26.3 Å². The molecule has 0 saturated heterocycles. The monoisotopic (exact) mass is 199 g/mol. The van der Waals surface area contributed by atoms with E-state index in [0.29, 0.717) is 12.0 Å².